The average Bonchev–Trinajstić information content (AvgIpc) is 2.65. The molecule has 0 fully saturated rings. The number of nitrogens with one attached hydrogen (secondary N) is 1. The second kappa shape index (κ2) is 9.40. The van der Waals surface area contributed by atoms with E-state index in [0.29, 0.717) is 6.04 Å². The van der Waals surface area contributed by atoms with Gasteiger partial charge in [0.25, 0.3) is 0 Å². The molecule has 0 saturated heterocycles. The van der Waals surface area contributed by atoms with Gasteiger partial charge in [-0.2, -0.15) is 5.10 Å². The highest BCUT2D eigenvalue weighted by molar-refractivity contribution is 5.85. The predicted octanol–water partition coefficient (Wildman–Crippen LogP) is 3.86. The van der Waals surface area contributed by atoms with Crippen LogP contribution in [0.25, 0.3) is 0 Å². The van der Waals surface area contributed by atoms with Crippen molar-refractivity contribution in [1.29, 1.82) is 0 Å². The van der Waals surface area contributed by atoms with Gasteiger partial charge in [-0.25, -0.2) is 0 Å². The van der Waals surface area contributed by atoms with Gasteiger partial charge in [0, 0.05) is 24.3 Å². The lowest BCUT2D eigenvalue weighted by molar-refractivity contribution is 0.528. The van der Waals surface area contributed by atoms with Crippen LogP contribution >= 0.6 is 12.4 Å². The van der Waals surface area contributed by atoms with Crippen LogP contribution in [0.1, 0.15) is 63.8 Å². The van der Waals surface area contributed by atoms with E-state index >= 15 is 0 Å². The van der Waals surface area contributed by atoms with E-state index in [4.69, 9.17) is 0 Å². The third kappa shape index (κ3) is 5.87. The van der Waals surface area contributed by atoms with Crippen LogP contribution in [0.4, 0.5) is 0 Å². The molecular weight excluding hydrogens is 246 g/mol. The Bertz CT molecular complexity index is 321. The van der Waals surface area contributed by atoms with E-state index in [-0.39, 0.29) is 12.4 Å². The number of hydrogen-bond acceptors (Lipinski definition) is 2. The summed E-state index contributed by atoms with van der Waals surface area (Å²) >= 11 is 0. The maximum Gasteiger partial charge on any atom is 0.0638 e. The molecule has 0 unspecified atom stereocenters. The van der Waals surface area contributed by atoms with Crippen molar-refractivity contribution in [3.05, 3.63) is 17.5 Å². The van der Waals surface area contributed by atoms with Crippen molar-refractivity contribution >= 4 is 12.4 Å². The van der Waals surface area contributed by atoms with Gasteiger partial charge >= 0.3 is 0 Å². The van der Waals surface area contributed by atoms with E-state index in [9.17, 15) is 0 Å². The number of aromatic nitrogens is 2. The lowest BCUT2D eigenvalue weighted by atomic mass is 10.2. The highest BCUT2D eigenvalue weighted by Crippen LogP contribution is 2.10. The lowest BCUT2D eigenvalue weighted by Crippen LogP contribution is -2.14. The van der Waals surface area contributed by atoms with E-state index in [0.717, 1.165) is 18.8 Å². The van der Waals surface area contributed by atoms with Crippen LogP contribution in [0.5, 0.6) is 0 Å². The largest absolute Gasteiger partial charge is 0.313 e. The Hall–Kier alpha value is -0.540. The number of hydrogen-bond donors (Lipinski definition) is 1. The van der Waals surface area contributed by atoms with Crippen LogP contribution in [0, 0.1) is 6.92 Å². The Morgan fingerprint density at radius 1 is 1.28 bits per heavy atom. The topological polar surface area (TPSA) is 29.9 Å². The van der Waals surface area contributed by atoms with Crippen molar-refractivity contribution in [2.45, 2.75) is 66.0 Å². The fourth-order valence-electron chi connectivity index (χ4n) is 1.86. The molecule has 0 radical (unpaired) electrons. The Morgan fingerprint density at radius 2 is 2.00 bits per heavy atom. The molecular formula is C14H28ClN3. The first kappa shape index (κ1) is 17.5. The number of nitrogens with zero attached hydrogens (tertiary/aromatic N) is 2. The molecule has 1 aromatic heterocycles. The molecule has 1 rings (SSSR count). The van der Waals surface area contributed by atoms with Gasteiger partial charge in [-0.3, -0.25) is 4.68 Å². The van der Waals surface area contributed by atoms with Crippen molar-refractivity contribution in [2.24, 2.45) is 0 Å². The molecule has 0 aliphatic carbocycles. The van der Waals surface area contributed by atoms with E-state index in [1.807, 2.05) is 4.68 Å². The molecule has 3 nitrogen and oxygen atoms in total. The summed E-state index contributed by atoms with van der Waals surface area (Å²) in [5.74, 6) is 0. The van der Waals surface area contributed by atoms with Crippen molar-refractivity contribution < 1.29 is 0 Å². The number of halogens is 1. The first-order chi connectivity index (χ1) is 8.15. The first-order valence-corrected chi connectivity index (χ1v) is 6.90. The quantitative estimate of drug-likeness (QED) is 0.729. The van der Waals surface area contributed by atoms with Gasteiger partial charge in [-0.05, 0) is 33.7 Å². The summed E-state index contributed by atoms with van der Waals surface area (Å²) < 4.78 is 2.05. The molecule has 1 N–H and O–H groups in total. The molecule has 0 amide bonds. The predicted molar refractivity (Wildman–Crippen MR) is 80.4 cm³/mol. The minimum Gasteiger partial charge on any atom is -0.313 e. The Labute approximate surface area is 118 Å². The van der Waals surface area contributed by atoms with Crippen molar-refractivity contribution in [3.8, 4) is 0 Å². The standard InChI is InChI=1S/C14H27N3.ClH/c1-5-6-7-8-9-15-10-14-11-17(12(2)3)16-13(14)4;/h11-12,15H,5-10H2,1-4H3;1H. The molecule has 0 aliphatic rings. The zero-order chi connectivity index (χ0) is 12.7. The molecule has 1 heterocycles. The summed E-state index contributed by atoms with van der Waals surface area (Å²) in [4.78, 5) is 0. The molecule has 0 aliphatic heterocycles. The number of unbranched alkanes of at least 4 members (excludes halogenated alkanes) is 3. The summed E-state index contributed by atoms with van der Waals surface area (Å²) in [6.45, 7) is 10.7. The van der Waals surface area contributed by atoms with Crippen LogP contribution in [0.3, 0.4) is 0 Å². The Morgan fingerprint density at radius 3 is 2.56 bits per heavy atom. The van der Waals surface area contributed by atoms with Gasteiger partial charge in [0.2, 0.25) is 0 Å². The fourth-order valence-corrected chi connectivity index (χ4v) is 1.86. The van der Waals surface area contributed by atoms with E-state index in [2.05, 4.69) is 44.3 Å². The highest BCUT2D eigenvalue weighted by Gasteiger charge is 2.06. The zero-order valence-corrected chi connectivity index (χ0v) is 13.0. The summed E-state index contributed by atoms with van der Waals surface area (Å²) in [6, 6.07) is 0.451. The molecule has 0 aromatic carbocycles. The molecule has 106 valence electrons. The second-order valence-corrected chi connectivity index (χ2v) is 5.05. The second-order valence-electron chi connectivity index (χ2n) is 5.05. The maximum atomic E-state index is 4.52. The van der Waals surface area contributed by atoms with Crippen LogP contribution in [0.15, 0.2) is 6.20 Å². The fraction of sp³-hybridized carbons (Fsp3) is 0.786. The number of rotatable bonds is 8. The van der Waals surface area contributed by atoms with Crippen LogP contribution in [0.2, 0.25) is 0 Å². The van der Waals surface area contributed by atoms with Gasteiger partial charge < -0.3 is 5.32 Å². The molecule has 0 saturated carbocycles. The molecule has 0 bridgehead atoms. The van der Waals surface area contributed by atoms with Crippen molar-refractivity contribution in [1.82, 2.24) is 15.1 Å². The van der Waals surface area contributed by atoms with Gasteiger partial charge in [0.05, 0.1) is 5.69 Å². The van der Waals surface area contributed by atoms with Crippen molar-refractivity contribution in [2.75, 3.05) is 6.54 Å². The van der Waals surface area contributed by atoms with Gasteiger partial charge in [0.15, 0.2) is 0 Å². The average molecular weight is 274 g/mol. The molecule has 0 spiro atoms. The SMILES string of the molecule is CCCCCCNCc1cn(C(C)C)nc1C.Cl. The Balaban J connectivity index is 0.00000289. The maximum absolute atomic E-state index is 4.52. The normalized spacial score (nSPS) is 10.7. The monoisotopic (exact) mass is 273 g/mol. The van der Waals surface area contributed by atoms with Gasteiger partial charge in [0.1, 0.15) is 0 Å². The van der Waals surface area contributed by atoms with E-state index in [1.54, 1.807) is 0 Å². The molecule has 0 atom stereocenters. The van der Waals surface area contributed by atoms with Crippen LogP contribution < -0.4 is 5.32 Å². The zero-order valence-electron chi connectivity index (χ0n) is 12.2. The van der Waals surface area contributed by atoms with Crippen LogP contribution in [-0.2, 0) is 6.54 Å². The molecule has 1 aromatic rings. The van der Waals surface area contributed by atoms with Gasteiger partial charge in [-0.1, -0.05) is 26.2 Å². The third-order valence-corrected chi connectivity index (χ3v) is 3.07. The van der Waals surface area contributed by atoms with Crippen LogP contribution in [-0.4, -0.2) is 16.3 Å². The smallest absolute Gasteiger partial charge is 0.0638 e. The highest BCUT2D eigenvalue weighted by atomic mass is 35.5. The molecule has 4 heteroatoms. The van der Waals surface area contributed by atoms with Crippen molar-refractivity contribution in [3.63, 3.8) is 0 Å². The number of aryl methyl sites for hydroxylation is 1. The lowest BCUT2D eigenvalue weighted by Gasteiger charge is -2.04. The van der Waals surface area contributed by atoms with E-state index in [1.165, 1.54) is 31.2 Å². The summed E-state index contributed by atoms with van der Waals surface area (Å²) in [7, 11) is 0. The summed E-state index contributed by atoms with van der Waals surface area (Å²) in [5.41, 5.74) is 2.48. The molecule has 18 heavy (non-hydrogen) atoms. The summed E-state index contributed by atoms with van der Waals surface area (Å²) in [6.07, 6.45) is 7.45. The van der Waals surface area contributed by atoms with E-state index < -0.39 is 0 Å². The summed E-state index contributed by atoms with van der Waals surface area (Å²) in [5, 5.41) is 8.02. The minimum absolute atomic E-state index is 0. The first-order valence-electron chi connectivity index (χ1n) is 6.90. The third-order valence-electron chi connectivity index (χ3n) is 3.07. The minimum atomic E-state index is 0. The Kier molecular flexibility index (Phi) is 9.12. The van der Waals surface area contributed by atoms with Gasteiger partial charge in [-0.15, -0.1) is 12.4 Å².